The highest BCUT2D eigenvalue weighted by Gasteiger charge is 2.42. The molecule has 2 N–H and O–H groups in total. The zero-order valence-corrected chi connectivity index (χ0v) is 15.0. The zero-order valence-electron chi connectivity index (χ0n) is 15.0. The summed E-state index contributed by atoms with van der Waals surface area (Å²) in [6, 6.07) is 4.97. The first-order chi connectivity index (χ1) is 13.5. The summed E-state index contributed by atoms with van der Waals surface area (Å²) in [4.78, 5) is 34.6. The molecule has 0 bridgehead atoms. The molecule has 2 amide bonds. The van der Waals surface area contributed by atoms with Crippen molar-refractivity contribution in [2.75, 3.05) is 14.2 Å². The maximum Gasteiger partial charge on any atom is 0.265 e. The molecule has 0 saturated heterocycles. The number of hydrogen-bond acceptors (Lipinski definition) is 8. The van der Waals surface area contributed by atoms with Crippen LogP contribution in [-0.4, -0.2) is 51.1 Å². The number of phenolic OH excluding ortho intramolecular Hbond substituents is 2. The number of amides is 2. The summed E-state index contributed by atoms with van der Waals surface area (Å²) in [5, 5.41) is 21.0. The Balaban J connectivity index is 1.81. The lowest BCUT2D eigenvalue weighted by atomic mass is 10.1. The number of ether oxygens (including phenoxy) is 2. The van der Waals surface area contributed by atoms with Crippen molar-refractivity contribution in [3.05, 3.63) is 47.3 Å². The third-order valence-electron chi connectivity index (χ3n) is 4.61. The van der Waals surface area contributed by atoms with Crippen molar-refractivity contribution in [3.63, 3.8) is 0 Å². The van der Waals surface area contributed by atoms with E-state index < -0.39 is 23.3 Å². The quantitative estimate of drug-likeness (QED) is 0.519. The molecule has 0 atom stereocenters. The van der Waals surface area contributed by atoms with Gasteiger partial charge in [-0.1, -0.05) is 0 Å². The number of nitrogens with zero attached hydrogens (tertiary/aromatic N) is 3. The van der Waals surface area contributed by atoms with Gasteiger partial charge in [-0.2, -0.15) is 0 Å². The molecule has 28 heavy (non-hydrogen) atoms. The molecule has 1 aromatic heterocycles. The van der Waals surface area contributed by atoms with Gasteiger partial charge >= 0.3 is 0 Å². The van der Waals surface area contributed by atoms with Crippen molar-refractivity contribution in [3.8, 4) is 23.0 Å². The third-order valence-corrected chi connectivity index (χ3v) is 4.61. The average Bonchev–Trinajstić information content (AvgIpc) is 2.97. The number of benzene rings is 2. The van der Waals surface area contributed by atoms with E-state index in [9.17, 15) is 19.8 Å². The van der Waals surface area contributed by atoms with Crippen LogP contribution in [0.3, 0.4) is 0 Å². The van der Waals surface area contributed by atoms with Crippen LogP contribution >= 0.6 is 0 Å². The molecule has 2 aromatic carbocycles. The number of aromatic hydroxyl groups is 2. The molecular formula is C19H15N3O6. The van der Waals surface area contributed by atoms with Gasteiger partial charge in [-0.15, -0.1) is 0 Å². The van der Waals surface area contributed by atoms with Crippen molar-refractivity contribution in [2.24, 2.45) is 0 Å². The first kappa shape index (κ1) is 17.5. The standard InChI is InChI=1S/C19H15N3O6/c1-27-10-4-3-9(11(7-10)28-2)8-22-18(25)12-13(19(22)26)17(24)15-14(16(12)23)20-5-6-21-15/h3-7,23-24H,8H2,1-2H3. The number of phenols is 2. The number of aromatic nitrogens is 2. The second kappa shape index (κ2) is 6.38. The van der Waals surface area contributed by atoms with E-state index in [1.807, 2.05) is 0 Å². The lowest BCUT2D eigenvalue weighted by Crippen LogP contribution is -2.29. The van der Waals surface area contributed by atoms with Crippen LogP contribution in [-0.2, 0) is 6.54 Å². The van der Waals surface area contributed by atoms with Crippen molar-refractivity contribution >= 4 is 22.8 Å². The van der Waals surface area contributed by atoms with Crippen molar-refractivity contribution in [2.45, 2.75) is 6.54 Å². The van der Waals surface area contributed by atoms with Gasteiger partial charge in [-0.25, -0.2) is 9.97 Å². The maximum atomic E-state index is 12.9. The van der Waals surface area contributed by atoms with E-state index in [4.69, 9.17) is 9.47 Å². The van der Waals surface area contributed by atoms with Gasteiger partial charge in [0.05, 0.1) is 20.8 Å². The van der Waals surface area contributed by atoms with Crippen LogP contribution in [0.15, 0.2) is 30.6 Å². The highest BCUT2D eigenvalue weighted by atomic mass is 16.5. The van der Waals surface area contributed by atoms with Gasteiger partial charge in [-0.05, 0) is 12.1 Å². The average molecular weight is 381 g/mol. The van der Waals surface area contributed by atoms with Crippen LogP contribution in [0, 0.1) is 0 Å². The predicted octanol–water partition coefficient (Wildman–Crippen LogP) is 1.85. The monoisotopic (exact) mass is 381 g/mol. The van der Waals surface area contributed by atoms with E-state index in [0.717, 1.165) is 4.90 Å². The minimum Gasteiger partial charge on any atom is -0.505 e. The second-order valence-electron chi connectivity index (χ2n) is 6.07. The summed E-state index contributed by atoms with van der Waals surface area (Å²) in [6.45, 7) is -0.115. The van der Waals surface area contributed by atoms with E-state index >= 15 is 0 Å². The summed E-state index contributed by atoms with van der Waals surface area (Å²) >= 11 is 0. The Bertz CT molecular complexity index is 1080. The number of carbonyl (C=O) groups excluding carboxylic acids is 2. The molecule has 0 saturated carbocycles. The van der Waals surface area contributed by atoms with Gasteiger partial charge in [0.1, 0.15) is 33.7 Å². The normalized spacial score (nSPS) is 13.1. The number of methoxy groups -OCH3 is 2. The predicted molar refractivity (Wildman–Crippen MR) is 96.6 cm³/mol. The third kappa shape index (κ3) is 2.40. The lowest BCUT2D eigenvalue weighted by Gasteiger charge is -2.16. The van der Waals surface area contributed by atoms with E-state index in [2.05, 4.69) is 9.97 Å². The maximum absolute atomic E-state index is 12.9. The molecule has 9 nitrogen and oxygen atoms in total. The Morgan fingerprint density at radius 2 is 1.50 bits per heavy atom. The van der Waals surface area contributed by atoms with Crippen LogP contribution in [0.25, 0.3) is 11.0 Å². The molecular weight excluding hydrogens is 366 g/mol. The molecule has 1 aliphatic heterocycles. The van der Waals surface area contributed by atoms with Crippen LogP contribution < -0.4 is 9.47 Å². The lowest BCUT2D eigenvalue weighted by molar-refractivity contribution is 0.0640. The van der Waals surface area contributed by atoms with Crippen molar-refractivity contribution in [1.29, 1.82) is 0 Å². The zero-order chi connectivity index (χ0) is 20.0. The summed E-state index contributed by atoms with van der Waals surface area (Å²) in [5.74, 6) is -1.46. The van der Waals surface area contributed by atoms with E-state index in [0.29, 0.717) is 17.1 Å². The number of hydrogen-bond donors (Lipinski definition) is 2. The van der Waals surface area contributed by atoms with Crippen LogP contribution in [0.2, 0.25) is 0 Å². The number of rotatable bonds is 4. The van der Waals surface area contributed by atoms with Gasteiger partial charge in [0.2, 0.25) is 0 Å². The minimum atomic E-state index is -0.738. The van der Waals surface area contributed by atoms with E-state index in [-0.39, 0.29) is 28.7 Å². The van der Waals surface area contributed by atoms with Gasteiger partial charge in [0.25, 0.3) is 11.8 Å². The Morgan fingerprint density at radius 1 is 0.929 bits per heavy atom. The van der Waals surface area contributed by atoms with E-state index in [1.165, 1.54) is 26.6 Å². The first-order valence-corrected chi connectivity index (χ1v) is 8.23. The largest absolute Gasteiger partial charge is 0.505 e. The molecule has 0 spiro atoms. The van der Waals surface area contributed by atoms with Crippen molar-refractivity contribution < 1.29 is 29.3 Å². The molecule has 3 aromatic rings. The van der Waals surface area contributed by atoms with Crippen LogP contribution in [0.5, 0.6) is 23.0 Å². The molecule has 142 valence electrons. The molecule has 0 fully saturated rings. The van der Waals surface area contributed by atoms with Gasteiger partial charge in [-0.3, -0.25) is 14.5 Å². The van der Waals surface area contributed by atoms with Gasteiger partial charge < -0.3 is 19.7 Å². The fourth-order valence-electron chi connectivity index (χ4n) is 3.23. The fraction of sp³-hybridized carbons (Fsp3) is 0.158. The Hall–Kier alpha value is -3.88. The molecule has 9 heteroatoms. The van der Waals surface area contributed by atoms with Crippen LogP contribution in [0.1, 0.15) is 26.3 Å². The summed E-state index contributed by atoms with van der Waals surface area (Å²) < 4.78 is 10.5. The van der Waals surface area contributed by atoms with Crippen molar-refractivity contribution in [1.82, 2.24) is 14.9 Å². The first-order valence-electron chi connectivity index (χ1n) is 8.23. The summed E-state index contributed by atoms with van der Waals surface area (Å²) in [7, 11) is 2.97. The molecule has 4 rings (SSSR count). The Morgan fingerprint density at radius 3 is 2.00 bits per heavy atom. The smallest absolute Gasteiger partial charge is 0.265 e. The van der Waals surface area contributed by atoms with Gasteiger partial charge in [0, 0.05) is 24.0 Å². The number of imide groups is 1. The SMILES string of the molecule is COc1ccc(CN2C(=O)c3c(c(O)c4nccnc4c3O)C2=O)c(OC)c1. The summed E-state index contributed by atoms with van der Waals surface area (Å²) in [6.07, 6.45) is 2.63. The highest BCUT2D eigenvalue weighted by Crippen LogP contribution is 2.42. The molecule has 2 heterocycles. The highest BCUT2D eigenvalue weighted by molar-refractivity contribution is 6.26. The topological polar surface area (TPSA) is 122 Å². The molecule has 1 aliphatic rings. The number of carbonyl (C=O) groups is 2. The second-order valence-corrected chi connectivity index (χ2v) is 6.07. The summed E-state index contributed by atoms with van der Waals surface area (Å²) in [5.41, 5.74) is -0.129. The number of fused-ring (bicyclic) bond motifs is 2. The molecule has 0 radical (unpaired) electrons. The van der Waals surface area contributed by atoms with E-state index in [1.54, 1.807) is 18.2 Å². The fourth-order valence-corrected chi connectivity index (χ4v) is 3.23. The Labute approximate surface area is 158 Å². The molecule has 0 aliphatic carbocycles. The Kier molecular flexibility index (Phi) is 3.99. The minimum absolute atomic E-state index is 0.0521. The van der Waals surface area contributed by atoms with Crippen LogP contribution in [0.4, 0.5) is 0 Å². The molecule has 0 unspecified atom stereocenters. The van der Waals surface area contributed by atoms with Gasteiger partial charge in [0.15, 0.2) is 11.5 Å².